The summed E-state index contributed by atoms with van der Waals surface area (Å²) in [7, 11) is 1.64. The first-order valence-corrected chi connectivity index (χ1v) is 5.86. The Balaban J connectivity index is 2.40. The van der Waals surface area contributed by atoms with Crippen molar-refractivity contribution in [3.05, 3.63) is 58.9 Å². The lowest BCUT2D eigenvalue weighted by molar-refractivity contribution is 0.218. The maximum absolute atomic E-state index is 10.4. The molecule has 3 heteroatoms. The molecule has 1 aromatic heterocycles. The lowest BCUT2D eigenvalue weighted by Crippen LogP contribution is -2.04. The van der Waals surface area contributed by atoms with Crippen LogP contribution in [-0.4, -0.2) is 17.2 Å². The zero-order chi connectivity index (χ0) is 13.1. The van der Waals surface area contributed by atoms with Crippen molar-refractivity contribution in [1.29, 1.82) is 0 Å². The molecule has 0 radical (unpaired) electrons. The van der Waals surface area contributed by atoms with Crippen molar-refractivity contribution in [2.75, 3.05) is 7.11 Å². The Morgan fingerprint density at radius 2 is 1.83 bits per heavy atom. The van der Waals surface area contributed by atoms with Crippen LogP contribution in [0, 0.1) is 13.8 Å². The molecule has 0 saturated heterocycles. The van der Waals surface area contributed by atoms with E-state index in [1.807, 2.05) is 38.1 Å². The van der Waals surface area contributed by atoms with E-state index in [0.29, 0.717) is 0 Å². The molecule has 1 aromatic carbocycles. The van der Waals surface area contributed by atoms with E-state index in [2.05, 4.69) is 4.98 Å². The van der Waals surface area contributed by atoms with Crippen molar-refractivity contribution in [1.82, 2.24) is 4.98 Å². The Labute approximate surface area is 107 Å². The Morgan fingerprint density at radius 3 is 2.44 bits per heavy atom. The zero-order valence-corrected chi connectivity index (χ0v) is 10.8. The lowest BCUT2D eigenvalue weighted by atomic mass is 9.95. The molecule has 0 spiro atoms. The van der Waals surface area contributed by atoms with Crippen LogP contribution >= 0.6 is 0 Å². The van der Waals surface area contributed by atoms with Gasteiger partial charge in [-0.25, -0.2) is 0 Å². The second-order valence-electron chi connectivity index (χ2n) is 4.36. The van der Waals surface area contributed by atoms with E-state index >= 15 is 0 Å². The summed E-state index contributed by atoms with van der Waals surface area (Å²) in [5.41, 5.74) is 3.78. The molecule has 18 heavy (non-hydrogen) atoms. The molecule has 1 heterocycles. The van der Waals surface area contributed by atoms with Crippen LogP contribution in [0.25, 0.3) is 0 Å². The molecule has 0 aliphatic heterocycles. The number of aliphatic hydroxyl groups excluding tert-OH is 1. The first kappa shape index (κ1) is 12.6. The number of aliphatic hydroxyl groups is 1. The third-order valence-electron chi connectivity index (χ3n) is 3.13. The summed E-state index contributed by atoms with van der Waals surface area (Å²) in [5, 5.41) is 10.4. The summed E-state index contributed by atoms with van der Waals surface area (Å²) in [6.07, 6.45) is 2.83. The minimum Gasteiger partial charge on any atom is -0.497 e. The predicted molar refractivity (Wildman–Crippen MR) is 70.8 cm³/mol. The average Bonchev–Trinajstić information content (AvgIpc) is 2.38. The normalized spacial score (nSPS) is 12.2. The van der Waals surface area contributed by atoms with Gasteiger partial charge < -0.3 is 9.84 Å². The SMILES string of the molecule is COc1ccc(C(O)c2ccncc2C)c(C)c1. The molecule has 0 aliphatic carbocycles. The lowest BCUT2D eigenvalue weighted by Gasteiger charge is -2.16. The maximum Gasteiger partial charge on any atom is 0.119 e. The number of hydrogen-bond acceptors (Lipinski definition) is 3. The minimum absolute atomic E-state index is 0.626. The van der Waals surface area contributed by atoms with E-state index in [0.717, 1.165) is 28.0 Å². The quantitative estimate of drug-likeness (QED) is 0.901. The van der Waals surface area contributed by atoms with E-state index in [-0.39, 0.29) is 0 Å². The van der Waals surface area contributed by atoms with Gasteiger partial charge in [0.1, 0.15) is 11.9 Å². The fourth-order valence-corrected chi connectivity index (χ4v) is 2.04. The third kappa shape index (κ3) is 2.36. The van der Waals surface area contributed by atoms with E-state index in [1.165, 1.54) is 0 Å². The van der Waals surface area contributed by atoms with Gasteiger partial charge in [-0.1, -0.05) is 6.07 Å². The first-order valence-electron chi connectivity index (χ1n) is 5.86. The van der Waals surface area contributed by atoms with Gasteiger partial charge in [0.25, 0.3) is 0 Å². The van der Waals surface area contributed by atoms with Crippen LogP contribution in [0.15, 0.2) is 36.7 Å². The second-order valence-corrected chi connectivity index (χ2v) is 4.36. The summed E-state index contributed by atoms with van der Waals surface area (Å²) >= 11 is 0. The van der Waals surface area contributed by atoms with Crippen LogP contribution in [0.4, 0.5) is 0 Å². The monoisotopic (exact) mass is 243 g/mol. The van der Waals surface area contributed by atoms with Gasteiger partial charge in [-0.05, 0) is 54.3 Å². The molecule has 0 bridgehead atoms. The number of nitrogens with zero attached hydrogens (tertiary/aromatic N) is 1. The molecule has 1 atom stereocenters. The maximum atomic E-state index is 10.4. The van der Waals surface area contributed by atoms with Crippen LogP contribution < -0.4 is 4.74 Å². The van der Waals surface area contributed by atoms with Gasteiger partial charge >= 0.3 is 0 Å². The summed E-state index contributed by atoms with van der Waals surface area (Å²) in [4.78, 5) is 4.04. The smallest absolute Gasteiger partial charge is 0.119 e. The molecule has 2 aromatic rings. The number of methoxy groups -OCH3 is 1. The molecule has 0 fully saturated rings. The molecule has 1 unspecified atom stereocenters. The fraction of sp³-hybridized carbons (Fsp3) is 0.267. The Bertz CT molecular complexity index is 552. The van der Waals surface area contributed by atoms with Crippen molar-refractivity contribution in [3.63, 3.8) is 0 Å². The van der Waals surface area contributed by atoms with Gasteiger partial charge in [0.2, 0.25) is 0 Å². The Hall–Kier alpha value is -1.87. The highest BCUT2D eigenvalue weighted by atomic mass is 16.5. The van der Waals surface area contributed by atoms with Gasteiger partial charge in [-0.15, -0.1) is 0 Å². The van der Waals surface area contributed by atoms with E-state index in [1.54, 1.807) is 19.5 Å². The highest BCUT2D eigenvalue weighted by molar-refractivity contribution is 5.41. The molecular weight excluding hydrogens is 226 g/mol. The van der Waals surface area contributed by atoms with Crippen molar-refractivity contribution in [2.45, 2.75) is 20.0 Å². The molecule has 94 valence electrons. The number of ether oxygens (including phenoxy) is 1. The van der Waals surface area contributed by atoms with Crippen molar-refractivity contribution >= 4 is 0 Å². The van der Waals surface area contributed by atoms with Gasteiger partial charge in [0, 0.05) is 12.4 Å². The van der Waals surface area contributed by atoms with E-state index in [4.69, 9.17) is 4.74 Å². The van der Waals surface area contributed by atoms with Gasteiger partial charge in [-0.3, -0.25) is 4.98 Å². The molecule has 0 saturated carbocycles. The summed E-state index contributed by atoms with van der Waals surface area (Å²) < 4.78 is 5.17. The van der Waals surface area contributed by atoms with E-state index in [9.17, 15) is 5.11 Å². The Kier molecular flexibility index (Phi) is 3.63. The molecule has 0 amide bonds. The first-order chi connectivity index (χ1) is 8.63. The molecule has 2 rings (SSSR count). The van der Waals surface area contributed by atoms with Gasteiger partial charge in [0.05, 0.1) is 7.11 Å². The molecule has 0 aliphatic rings. The number of benzene rings is 1. The predicted octanol–water partition coefficient (Wildman–Crippen LogP) is 2.79. The molecule has 1 N–H and O–H groups in total. The molecule has 3 nitrogen and oxygen atoms in total. The number of hydrogen-bond donors (Lipinski definition) is 1. The summed E-state index contributed by atoms with van der Waals surface area (Å²) in [5.74, 6) is 0.801. The highest BCUT2D eigenvalue weighted by Gasteiger charge is 2.15. The van der Waals surface area contributed by atoms with Crippen LogP contribution in [0.1, 0.15) is 28.4 Å². The molecular formula is C15H17NO2. The van der Waals surface area contributed by atoms with Gasteiger partial charge in [0.15, 0.2) is 0 Å². The van der Waals surface area contributed by atoms with Crippen LogP contribution in [0.5, 0.6) is 5.75 Å². The van der Waals surface area contributed by atoms with Crippen molar-refractivity contribution in [2.24, 2.45) is 0 Å². The average molecular weight is 243 g/mol. The van der Waals surface area contributed by atoms with Crippen LogP contribution in [0.2, 0.25) is 0 Å². The second kappa shape index (κ2) is 5.19. The van der Waals surface area contributed by atoms with Crippen molar-refractivity contribution in [3.8, 4) is 5.75 Å². The zero-order valence-electron chi connectivity index (χ0n) is 10.8. The van der Waals surface area contributed by atoms with Crippen molar-refractivity contribution < 1.29 is 9.84 Å². The van der Waals surface area contributed by atoms with Crippen LogP contribution in [-0.2, 0) is 0 Å². The standard InChI is InChI=1S/C15H17NO2/c1-10-8-12(18-3)4-5-13(10)15(17)14-6-7-16-9-11(14)2/h4-9,15,17H,1-3H3. The Morgan fingerprint density at radius 1 is 1.11 bits per heavy atom. The third-order valence-corrected chi connectivity index (χ3v) is 3.13. The highest BCUT2D eigenvalue weighted by Crippen LogP contribution is 2.28. The largest absolute Gasteiger partial charge is 0.497 e. The number of aromatic nitrogens is 1. The minimum atomic E-state index is -0.626. The number of pyridine rings is 1. The van der Waals surface area contributed by atoms with Gasteiger partial charge in [-0.2, -0.15) is 0 Å². The van der Waals surface area contributed by atoms with E-state index < -0.39 is 6.10 Å². The summed E-state index contributed by atoms with van der Waals surface area (Å²) in [6, 6.07) is 7.54. The number of aryl methyl sites for hydroxylation is 2. The summed E-state index contributed by atoms with van der Waals surface area (Å²) in [6.45, 7) is 3.92. The van der Waals surface area contributed by atoms with Crippen LogP contribution in [0.3, 0.4) is 0 Å². The fourth-order valence-electron chi connectivity index (χ4n) is 2.04. The number of rotatable bonds is 3. The topological polar surface area (TPSA) is 42.4 Å².